The van der Waals surface area contributed by atoms with E-state index in [1.54, 1.807) is 23.1 Å². The van der Waals surface area contributed by atoms with E-state index in [9.17, 15) is 9.90 Å². The second kappa shape index (κ2) is 6.56. The summed E-state index contributed by atoms with van der Waals surface area (Å²) in [7, 11) is 0. The average molecular weight is 325 g/mol. The normalized spacial score (nSPS) is 16.7. The fraction of sp³-hybridized carbons (Fsp3) is 0.350. The molecule has 2 aromatic carbocycles. The van der Waals surface area contributed by atoms with Gasteiger partial charge in [-0.05, 0) is 49.1 Å². The summed E-state index contributed by atoms with van der Waals surface area (Å²) in [5.74, 6) is 0.689. The van der Waals surface area contributed by atoms with Crippen LogP contribution in [-0.2, 0) is 11.2 Å². The van der Waals surface area contributed by atoms with Gasteiger partial charge in [-0.15, -0.1) is 0 Å². The Morgan fingerprint density at radius 3 is 2.62 bits per heavy atom. The highest BCUT2D eigenvalue weighted by Gasteiger charge is 2.34. The maximum atomic E-state index is 12.9. The summed E-state index contributed by atoms with van der Waals surface area (Å²) in [6.07, 6.45) is 0.825. The van der Waals surface area contributed by atoms with Crippen LogP contribution in [0.4, 0.5) is 5.69 Å². The Kier molecular flexibility index (Phi) is 4.47. The summed E-state index contributed by atoms with van der Waals surface area (Å²) in [6, 6.07) is 11.1. The molecule has 0 radical (unpaired) electrons. The maximum Gasteiger partial charge on any atom is 0.268 e. The third-order valence-corrected chi connectivity index (χ3v) is 4.48. The van der Waals surface area contributed by atoms with Gasteiger partial charge in [0.05, 0.1) is 5.69 Å². The Morgan fingerprint density at radius 1 is 1.12 bits per heavy atom. The standard InChI is InChI=1S/C20H23NO3/c1-4-9-21-17-8-7-16(22)12-18(17)24-19(20(21)23)11-15-6-5-13(2)14(3)10-15/h5-8,10,12,19,22H,4,9,11H2,1-3H3. The first-order valence-corrected chi connectivity index (χ1v) is 8.36. The number of aryl methyl sites for hydroxylation is 2. The summed E-state index contributed by atoms with van der Waals surface area (Å²) in [6.45, 7) is 6.83. The fourth-order valence-electron chi connectivity index (χ4n) is 3.04. The van der Waals surface area contributed by atoms with E-state index in [1.165, 1.54) is 11.1 Å². The predicted molar refractivity (Wildman–Crippen MR) is 94.8 cm³/mol. The van der Waals surface area contributed by atoms with E-state index in [1.807, 2.05) is 13.0 Å². The lowest BCUT2D eigenvalue weighted by molar-refractivity contribution is -0.126. The van der Waals surface area contributed by atoms with Crippen molar-refractivity contribution in [2.24, 2.45) is 0 Å². The van der Waals surface area contributed by atoms with Crippen molar-refractivity contribution in [3.63, 3.8) is 0 Å². The molecule has 2 aromatic rings. The first-order valence-electron chi connectivity index (χ1n) is 8.36. The van der Waals surface area contributed by atoms with Crippen LogP contribution in [0.1, 0.15) is 30.0 Å². The molecule has 1 amide bonds. The van der Waals surface area contributed by atoms with Gasteiger partial charge in [0.1, 0.15) is 11.5 Å². The third kappa shape index (κ3) is 3.09. The van der Waals surface area contributed by atoms with E-state index in [0.29, 0.717) is 18.7 Å². The van der Waals surface area contributed by atoms with Gasteiger partial charge in [-0.2, -0.15) is 0 Å². The van der Waals surface area contributed by atoms with Gasteiger partial charge in [0.15, 0.2) is 6.10 Å². The number of phenolic OH excluding ortho intramolecular Hbond substituents is 1. The molecular formula is C20H23NO3. The van der Waals surface area contributed by atoms with E-state index in [4.69, 9.17) is 4.74 Å². The minimum atomic E-state index is -0.562. The molecule has 0 saturated heterocycles. The summed E-state index contributed by atoms with van der Waals surface area (Å²) >= 11 is 0. The van der Waals surface area contributed by atoms with Crippen LogP contribution in [0.3, 0.4) is 0 Å². The number of ether oxygens (including phenoxy) is 1. The molecule has 1 aliphatic heterocycles. The van der Waals surface area contributed by atoms with Crippen LogP contribution in [0.25, 0.3) is 0 Å². The Labute approximate surface area is 142 Å². The molecule has 1 aliphatic rings. The Morgan fingerprint density at radius 2 is 1.92 bits per heavy atom. The molecular weight excluding hydrogens is 302 g/mol. The van der Waals surface area contributed by atoms with Gasteiger partial charge in [-0.25, -0.2) is 0 Å². The summed E-state index contributed by atoms with van der Waals surface area (Å²) in [5, 5.41) is 9.73. The summed E-state index contributed by atoms with van der Waals surface area (Å²) in [4.78, 5) is 14.6. The molecule has 0 bridgehead atoms. The van der Waals surface area contributed by atoms with E-state index < -0.39 is 6.10 Å². The number of hydrogen-bond donors (Lipinski definition) is 1. The zero-order chi connectivity index (χ0) is 17.3. The van der Waals surface area contributed by atoms with Crippen LogP contribution < -0.4 is 9.64 Å². The van der Waals surface area contributed by atoms with Gasteiger partial charge >= 0.3 is 0 Å². The largest absolute Gasteiger partial charge is 0.508 e. The molecule has 126 valence electrons. The number of fused-ring (bicyclic) bond motifs is 1. The number of carbonyl (C=O) groups is 1. The molecule has 24 heavy (non-hydrogen) atoms. The zero-order valence-electron chi connectivity index (χ0n) is 14.4. The third-order valence-electron chi connectivity index (χ3n) is 4.48. The number of aromatic hydroxyl groups is 1. The number of amides is 1. The molecule has 0 fully saturated rings. The number of carbonyl (C=O) groups excluding carboxylic acids is 1. The maximum absolute atomic E-state index is 12.9. The van der Waals surface area contributed by atoms with Crippen LogP contribution in [0.2, 0.25) is 0 Å². The fourth-order valence-corrected chi connectivity index (χ4v) is 3.04. The van der Waals surface area contributed by atoms with Gasteiger partial charge in [-0.3, -0.25) is 4.79 Å². The molecule has 4 heteroatoms. The van der Waals surface area contributed by atoms with Crippen LogP contribution in [0.15, 0.2) is 36.4 Å². The highest BCUT2D eigenvalue weighted by molar-refractivity contribution is 6.00. The molecule has 1 atom stereocenters. The molecule has 1 unspecified atom stereocenters. The zero-order valence-corrected chi connectivity index (χ0v) is 14.4. The monoisotopic (exact) mass is 325 g/mol. The van der Waals surface area contributed by atoms with Crippen molar-refractivity contribution in [2.75, 3.05) is 11.4 Å². The minimum absolute atomic E-state index is 0.0201. The first-order chi connectivity index (χ1) is 11.5. The highest BCUT2D eigenvalue weighted by atomic mass is 16.5. The minimum Gasteiger partial charge on any atom is -0.508 e. The SMILES string of the molecule is CCCN1C(=O)C(Cc2ccc(C)c(C)c2)Oc2cc(O)ccc21. The van der Waals surface area contributed by atoms with Crippen molar-refractivity contribution in [2.45, 2.75) is 39.7 Å². The topological polar surface area (TPSA) is 49.8 Å². The molecule has 0 aliphatic carbocycles. The molecule has 1 N–H and O–H groups in total. The molecule has 3 rings (SSSR count). The number of anilines is 1. The molecule has 4 nitrogen and oxygen atoms in total. The van der Waals surface area contributed by atoms with Crippen molar-refractivity contribution in [1.29, 1.82) is 0 Å². The average Bonchev–Trinajstić information content (AvgIpc) is 2.55. The number of nitrogens with zero attached hydrogens (tertiary/aromatic N) is 1. The van der Waals surface area contributed by atoms with Gasteiger partial charge in [0.25, 0.3) is 5.91 Å². The van der Waals surface area contributed by atoms with Gasteiger partial charge in [-0.1, -0.05) is 25.1 Å². The highest BCUT2D eigenvalue weighted by Crippen LogP contribution is 2.37. The van der Waals surface area contributed by atoms with Crippen molar-refractivity contribution in [3.8, 4) is 11.5 Å². The van der Waals surface area contributed by atoms with Crippen molar-refractivity contribution in [3.05, 3.63) is 53.1 Å². The smallest absolute Gasteiger partial charge is 0.268 e. The Hall–Kier alpha value is -2.49. The van der Waals surface area contributed by atoms with Gasteiger partial charge in [0.2, 0.25) is 0 Å². The Bertz CT molecular complexity index is 769. The number of hydrogen-bond acceptors (Lipinski definition) is 3. The van der Waals surface area contributed by atoms with Crippen LogP contribution >= 0.6 is 0 Å². The lowest BCUT2D eigenvalue weighted by Crippen LogP contribution is -2.47. The molecule has 0 saturated carbocycles. The summed E-state index contributed by atoms with van der Waals surface area (Å²) in [5.41, 5.74) is 4.25. The van der Waals surface area contributed by atoms with Crippen molar-refractivity contribution in [1.82, 2.24) is 0 Å². The van der Waals surface area contributed by atoms with E-state index in [2.05, 4.69) is 26.0 Å². The van der Waals surface area contributed by atoms with Crippen LogP contribution in [0.5, 0.6) is 11.5 Å². The Balaban J connectivity index is 1.91. The molecule has 0 aromatic heterocycles. The number of rotatable bonds is 4. The van der Waals surface area contributed by atoms with E-state index in [-0.39, 0.29) is 11.7 Å². The van der Waals surface area contributed by atoms with Gasteiger partial charge < -0.3 is 14.7 Å². The lowest BCUT2D eigenvalue weighted by atomic mass is 10.0. The quantitative estimate of drug-likeness (QED) is 0.931. The second-order valence-corrected chi connectivity index (χ2v) is 6.37. The lowest BCUT2D eigenvalue weighted by Gasteiger charge is -2.34. The van der Waals surface area contributed by atoms with Crippen LogP contribution in [0, 0.1) is 13.8 Å². The summed E-state index contributed by atoms with van der Waals surface area (Å²) < 4.78 is 5.92. The number of benzene rings is 2. The first kappa shape index (κ1) is 16.4. The van der Waals surface area contributed by atoms with Gasteiger partial charge in [0, 0.05) is 19.0 Å². The predicted octanol–water partition coefficient (Wildman–Crippen LogP) is 3.76. The van der Waals surface area contributed by atoms with Crippen molar-refractivity contribution < 1.29 is 14.6 Å². The molecule has 1 heterocycles. The van der Waals surface area contributed by atoms with Crippen LogP contribution in [-0.4, -0.2) is 23.7 Å². The van der Waals surface area contributed by atoms with E-state index >= 15 is 0 Å². The number of phenols is 1. The molecule has 0 spiro atoms. The van der Waals surface area contributed by atoms with Crippen molar-refractivity contribution >= 4 is 11.6 Å². The second-order valence-electron chi connectivity index (χ2n) is 6.37. The van der Waals surface area contributed by atoms with E-state index in [0.717, 1.165) is 17.7 Å².